The van der Waals surface area contributed by atoms with Gasteiger partial charge in [0, 0.05) is 23.7 Å². The fourth-order valence-electron chi connectivity index (χ4n) is 3.05. The van der Waals surface area contributed by atoms with Crippen LogP contribution in [0, 0.1) is 5.92 Å². The van der Waals surface area contributed by atoms with Crippen molar-refractivity contribution < 1.29 is 9.59 Å². The molecule has 1 atom stereocenters. The van der Waals surface area contributed by atoms with Gasteiger partial charge in [0.2, 0.25) is 0 Å². The molecule has 1 unspecified atom stereocenters. The largest absolute Gasteiger partial charge is 0.351 e. The Bertz CT molecular complexity index is 904. The van der Waals surface area contributed by atoms with Gasteiger partial charge in [-0.2, -0.15) is 0 Å². The van der Waals surface area contributed by atoms with Crippen LogP contribution in [0.25, 0.3) is 0 Å². The number of anilines is 1. The Hall–Kier alpha value is -2.92. The van der Waals surface area contributed by atoms with Crippen LogP contribution in [-0.2, 0) is 0 Å². The van der Waals surface area contributed by atoms with Crippen LogP contribution in [-0.4, -0.2) is 18.4 Å². The number of thiophene rings is 1. The Morgan fingerprint density at radius 2 is 1.61 bits per heavy atom. The van der Waals surface area contributed by atoms with E-state index in [9.17, 15) is 9.59 Å². The Balaban J connectivity index is 1.59. The third kappa shape index (κ3) is 5.08. The lowest BCUT2D eigenvalue weighted by Crippen LogP contribution is -2.30. The van der Waals surface area contributed by atoms with Crippen molar-refractivity contribution in [2.75, 3.05) is 11.9 Å². The van der Waals surface area contributed by atoms with Crippen molar-refractivity contribution in [1.82, 2.24) is 5.32 Å². The molecule has 4 nitrogen and oxygen atoms in total. The minimum absolute atomic E-state index is 0.113. The Morgan fingerprint density at radius 1 is 0.893 bits per heavy atom. The molecule has 5 heteroatoms. The van der Waals surface area contributed by atoms with E-state index in [0.717, 1.165) is 0 Å². The van der Waals surface area contributed by atoms with Gasteiger partial charge >= 0.3 is 0 Å². The fraction of sp³-hybridized carbons (Fsp3) is 0.217. The molecule has 3 aromatic rings. The number of carbonyl (C=O) groups is 2. The first-order chi connectivity index (χ1) is 13.5. The predicted octanol–water partition coefficient (Wildman–Crippen LogP) is 5.17. The van der Waals surface area contributed by atoms with Crippen LogP contribution in [0.1, 0.15) is 45.4 Å². The third-order valence-electron chi connectivity index (χ3n) is 4.66. The maximum Gasteiger partial charge on any atom is 0.265 e. The Kier molecular flexibility index (Phi) is 6.61. The van der Waals surface area contributed by atoms with Gasteiger partial charge in [-0.15, -0.1) is 11.3 Å². The molecule has 3 rings (SSSR count). The van der Waals surface area contributed by atoms with E-state index in [0.29, 0.717) is 28.6 Å². The van der Waals surface area contributed by atoms with E-state index in [-0.39, 0.29) is 17.7 Å². The number of amides is 2. The molecule has 0 saturated carbocycles. The lowest BCUT2D eigenvalue weighted by atomic mass is 9.88. The monoisotopic (exact) mass is 392 g/mol. The average molecular weight is 393 g/mol. The molecule has 0 spiro atoms. The van der Waals surface area contributed by atoms with Crippen molar-refractivity contribution in [3.63, 3.8) is 0 Å². The summed E-state index contributed by atoms with van der Waals surface area (Å²) in [5.41, 5.74) is 2.47. The van der Waals surface area contributed by atoms with E-state index in [4.69, 9.17) is 0 Å². The SMILES string of the molecule is CC(C)C(CNC(=O)c1ccc(NC(=O)c2cccs2)cc1)c1ccccc1. The standard InChI is InChI=1S/C23H24N2O2S/c1-16(2)20(17-7-4-3-5-8-17)15-24-22(26)18-10-12-19(13-11-18)25-23(27)21-9-6-14-28-21/h3-14,16,20H,15H2,1-2H3,(H,24,26)(H,25,27). The van der Waals surface area contributed by atoms with Crippen molar-refractivity contribution in [1.29, 1.82) is 0 Å². The van der Waals surface area contributed by atoms with Crippen molar-refractivity contribution >= 4 is 28.8 Å². The molecule has 144 valence electrons. The molecule has 0 fully saturated rings. The van der Waals surface area contributed by atoms with Crippen LogP contribution in [0.15, 0.2) is 72.1 Å². The summed E-state index contributed by atoms with van der Waals surface area (Å²) in [6.07, 6.45) is 0. The second-order valence-electron chi connectivity index (χ2n) is 6.98. The van der Waals surface area contributed by atoms with E-state index in [1.807, 2.05) is 29.6 Å². The van der Waals surface area contributed by atoms with Crippen LogP contribution in [0.3, 0.4) is 0 Å². The lowest BCUT2D eigenvalue weighted by Gasteiger charge is -2.22. The first-order valence-electron chi connectivity index (χ1n) is 9.32. The molecule has 0 saturated heterocycles. The number of nitrogens with one attached hydrogen (secondary N) is 2. The van der Waals surface area contributed by atoms with Crippen LogP contribution in [0.2, 0.25) is 0 Å². The summed E-state index contributed by atoms with van der Waals surface area (Å²) >= 11 is 1.39. The normalized spacial score (nSPS) is 11.8. The summed E-state index contributed by atoms with van der Waals surface area (Å²) in [5, 5.41) is 7.74. The molecular weight excluding hydrogens is 368 g/mol. The van der Waals surface area contributed by atoms with Crippen molar-refractivity contribution in [2.24, 2.45) is 5.92 Å². The molecule has 2 N–H and O–H groups in total. The number of benzene rings is 2. The predicted molar refractivity (Wildman–Crippen MR) is 115 cm³/mol. The van der Waals surface area contributed by atoms with Crippen molar-refractivity contribution in [3.8, 4) is 0 Å². The molecule has 0 radical (unpaired) electrons. The van der Waals surface area contributed by atoms with Gasteiger partial charge in [-0.1, -0.05) is 50.2 Å². The zero-order chi connectivity index (χ0) is 19.9. The van der Waals surface area contributed by atoms with Gasteiger partial charge in [0.1, 0.15) is 0 Å². The number of carbonyl (C=O) groups excluding carboxylic acids is 2. The minimum Gasteiger partial charge on any atom is -0.351 e. The van der Waals surface area contributed by atoms with Gasteiger partial charge in [-0.05, 0) is 47.2 Å². The van der Waals surface area contributed by atoms with Crippen molar-refractivity contribution in [3.05, 3.63) is 88.1 Å². The topological polar surface area (TPSA) is 58.2 Å². The number of rotatable bonds is 7. The van der Waals surface area contributed by atoms with E-state index < -0.39 is 0 Å². The van der Waals surface area contributed by atoms with Gasteiger partial charge < -0.3 is 10.6 Å². The van der Waals surface area contributed by atoms with Crippen molar-refractivity contribution in [2.45, 2.75) is 19.8 Å². The van der Waals surface area contributed by atoms with Crippen LogP contribution in [0.4, 0.5) is 5.69 Å². The summed E-state index contributed by atoms with van der Waals surface area (Å²) in [6, 6.07) is 20.8. The van der Waals surface area contributed by atoms with E-state index >= 15 is 0 Å². The number of hydrogen-bond acceptors (Lipinski definition) is 3. The second-order valence-corrected chi connectivity index (χ2v) is 7.93. The second kappa shape index (κ2) is 9.33. The number of hydrogen-bond donors (Lipinski definition) is 2. The van der Waals surface area contributed by atoms with Gasteiger partial charge in [0.15, 0.2) is 0 Å². The van der Waals surface area contributed by atoms with E-state index in [1.54, 1.807) is 30.3 Å². The molecule has 0 aliphatic rings. The minimum atomic E-state index is -0.144. The average Bonchev–Trinajstić information content (AvgIpc) is 3.24. The first-order valence-corrected chi connectivity index (χ1v) is 10.2. The molecular formula is C23H24N2O2S. The molecule has 28 heavy (non-hydrogen) atoms. The molecule has 2 amide bonds. The highest BCUT2D eigenvalue weighted by Crippen LogP contribution is 2.23. The van der Waals surface area contributed by atoms with Gasteiger partial charge in [-0.25, -0.2) is 0 Å². The molecule has 2 aromatic carbocycles. The first kappa shape index (κ1) is 19.8. The quantitative estimate of drug-likeness (QED) is 0.583. The zero-order valence-electron chi connectivity index (χ0n) is 16.0. The van der Waals surface area contributed by atoms with E-state index in [2.05, 4.69) is 36.6 Å². The Labute approximate surface area is 169 Å². The summed E-state index contributed by atoms with van der Waals surface area (Å²) in [6.45, 7) is 4.90. The third-order valence-corrected chi connectivity index (χ3v) is 5.53. The highest BCUT2D eigenvalue weighted by molar-refractivity contribution is 7.12. The maximum atomic E-state index is 12.5. The molecule has 0 aliphatic carbocycles. The van der Waals surface area contributed by atoms with Crippen LogP contribution >= 0.6 is 11.3 Å². The Morgan fingerprint density at radius 3 is 2.21 bits per heavy atom. The van der Waals surface area contributed by atoms with Gasteiger partial charge in [-0.3, -0.25) is 9.59 Å². The maximum absolute atomic E-state index is 12.5. The molecule has 1 aromatic heterocycles. The smallest absolute Gasteiger partial charge is 0.265 e. The molecule has 1 heterocycles. The summed E-state index contributed by atoms with van der Waals surface area (Å²) in [4.78, 5) is 25.3. The summed E-state index contributed by atoms with van der Waals surface area (Å²) < 4.78 is 0. The highest BCUT2D eigenvalue weighted by Gasteiger charge is 2.17. The highest BCUT2D eigenvalue weighted by atomic mass is 32.1. The van der Waals surface area contributed by atoms with Gasteiger partial charge in [0.05, 0.1) is 4.88 Å². The summed E-state index contributed by atoms with van der Waals surface area (Å²) in [5.74, 6) is 0.416. The zero-order valence-corrected chi connectivity index (χ0v) is 16.8. The van der Waals surface area contributed by atoms with Crippen LogP contribution in [0.5, 0.6) is 0 Å². The molecule has 0 bridgehead atoms. The van der Waals surface area contributed by atoms with Gasteiger partial charge in [0.25, 0.3) is 11.8 Å². The molecule has 0 aliphatic heterocycles. The fourth-order valence-corrected chi connectivity index (χ4v) is 3.67. The van der Waals surface area contributed by atoms with E-state index in [1.165, 1.54) is 16.9 Å². The van der Waals surface area contributed by atoms with Crippen LogP contribution < -0.4 is 10.6 Å². The summed E-state index contributed by atoms with van der Waals surface area (Å²) in [7, 11) is 0. The lowest BCUT2D eigenvalue weighted by molar-refractivity contribution is 0.0948.